The lowest BCUT2D eigenvalue weighted by molar-refractivity contribution is -0.121. The first-order valence-corrected chi connectivity index (χ1v) is 12.1. The number of benzene rings is 2. The van der Waals surface area contributed by atoms with Crippen LogP contribution in [0, 0.1) is 5.92 Å². The van der Waals surface area contributed by atoms with Crippen LogP contribution in [0.25, 0.3) is 0 Å². The number of nitrogens with one attached hydrogen (secondary N) is 2. The zero-order valence-corrected chi connectivity index (χ0v) is 20.1. The van der Waals surface area contributed by atoms with E-state index >= 15 is 0 Å². The summed E-state index contributed by atoms with van der Waals surface area (Å²) < 4.78 is 37.9. The van der Waals surface area contributed by atoms with Crippen molar-refractivity contribution in [2.75, 3.05) is 37.9 Å². The summed E-state index contributed by atoms with van der Waals surface area (Å²) >= 11 is 6.22. The van der Waals surface area contributed by atoms with Crippen LogP contribution in [-0.2, 0) is 19.6 Å². The first kappa shape index (κ1) is 24.8. The largest absolute Gasteiger partial charge is 0.493 e. The summed E-state index contributed by atoms with van der Waals surface area (Å²) in [4.78, 5) is 24.0. The highest BCUT2D eigenvalue weighted by atomic mass is 35.5. The van der Waals surface area contributed by atoms with Crippen molar-refractivity contribution in [2.24, 2.45) is 5.92 Å². The molecule has 0 unspecified atom stereocenters. The molecule has 3 rings (SSSR count). The minimum atomic E-state index is -3.74. The molecule has 2 aromatic carbocycles. The van der Waals surface area contributed by atoms with Gasteiger partial charge in [0, 0.05) is 37.7 Å². The number of nitrogens with zero attached hydrogens (tertiary/aromatic N) is 1. The van der Waals surface area contributed by atoms with Crippen molar-refractivity contribution in [3.8, 4) is 11.5 Å². The van der Waals surface area contributed by atoms with E-state index in [2.05, 4.69) is 10.6 Å². The van der Waals surface area contributed by atoms with Gasteiger partial charge in [-0.3, -0.25) is 9.59 Å². The third-order valence-electron chi connectivity index (χ3n) is 5.36. The van der Waals surface area contributed by atoms with Gasteiger partial charge in [-0.2, -0.15) is 4.31 Å². The molecule has 0 spiro atoms. The molecule has 0 radical (unpaired) electrons. The number of piperidine rings is 1. The zero-order chi connectivity index (χ0) is 24.2. The zero-order valence-electron chi connectivity index (χ0n) is 18.6. The molecule has 0 aromatic heterocycles. The van der Waals surface area contributed by atoms with Crippen molar-refractivity contribution in [3.63, 3.8) is 0 Å². The first-order valence-electron chi connectivity index (χ1n) is 10.3. The maximum Gasteiger partial charge on any atom is 0.243 e. The normalized spacial score (nSPS) is 15.0. The highest BCUT2D eigenvalue weighted by Gasteiger charge is 2.32. The fourth-order valence-corrected chi connectivity index (χ4v) is 5.33. The summed E-state index contributed by atoms with van der Waals surface area (Å²) in [6, 6.07) is 9.26. The number of halogens is 1. The lowest BCUT2D eigenvalue weighted by Crippen LogP contribution is -2.41. The second-order valence-corrected chi connectivity index (χ2v) is 9.91. The van der Waals surface area contributed by atoms with E-state index in [1.807, 2.05) is 0 Å². The fraction of sp³-hybridized carbons (Fsp3) is 0.364. The summed E-state index contributed by atoms with van der Waals surface area (Å²) in [5.74, 6) is -0.0391. The van der Waals surface area contributed by atoms with Crippen molar-refractivity contribution in [1.29, 1.82) is 0 Å². The number of sulfonamides is 1. The van der Waals surface area contributed by atoms with Gasteiger partial charge in [-0.1, -0.05) is 11.6 Å². The van der Waals surface area contributed by atoms with Crippen LogP contribution in [0.4, 0.5) is 11.4 Å². The number of amides is 2. The van der Waals surface area contributed by atoms with Crippen LogP contribution in [-0.4, -0.2) is 51.8 Å². The predicted molar refractivity (Wildman–Crippen MR) is 125 cm³/mol. The van der Waals surface area contributed by atoms with Gasteiger partial charge in [0.25, 0.3) is 0 Å². The molecule has 1 heterocycles. The molecule has 2 amide bonds. The molecular weight excluding hydrogens is 470 g/mol. The first-order chi connectivity index (χ1) is 15.6. The molecule has 1 fully saturated rings. The number of hydrogen-bond acceptors (Lipinski definition) is 6. The Balaban J connectivity index is 1.63. The standard InChI is InChI=1S/C22H26ClN3O6S/c1-14(27)24-16-4-6-19(18(23)12-16)25-22(28)15-8-10-26(11-9-15)33(29,30)17-5-7-20(31-2)21(13-17)32-3/h4-7,12-13,15H,8-11H2,1-3H3,(H,24,27)(H,25,28). The van der Waals surface area contributed by atoms with Crippen LogP contribution < -0.4 is 20.1 Å². The lowest BCUT2D eigenvalue weighted by Gasteiger charge is -2.30. The maximum absolute atomic E-state index is 13.1. The van der Waals surface area contributed by atoms with E-state index in [0.717, 1.165) is 0 Å². The fourth-order valence-electron chi connectivity index (χ4n) is 3.62. The second-order valence-electron chi connectivity index (χ2n) is 7.56. The Hall–Kier alpha value is -2.82. The van der Waals surface area contributed by atoms with Crippen LogP contribution in [0.2, 0.25) is 5.02 Å². The smallest absolute Gasteiger partial charge is 0.243 e. The number of carbonyl (C=O) groups excluding carboxylic acids is 2. The molecule has 11 heteroatoms. The number of ether oxygens (including phenoxy) is 2. The SMILES string of the molecule is COc1ccc(S(=O)(=O)N2CCC(C(=O)Nc3ccc(NC(C)=O)cc3Cl)CC2)cc1OC. The van der Waals surface area contributed by atoms with Gasteiger partial charge in [0.05, 0.1) is 29.8 Å². The number of rotatable bonds is 7. The number of hydrogen-bond donors (Lipinski definition) is 2. The molecule has 9 nitrogen and oxygen atoms in total. The third kappa shape index (κ3) is 5.76. The van der Waals surface area contributed by atoms with Gasteiger partial charge in [0.2, 0.25) is 21.8 Å². The van der Waals surface area contributed by atoms with Crippen molar-refractivity contribution in [3.05, 3.63) is 41.4 Å². The van der Waals surface area contributed by atoms with Gasteiger partial charge in [-0.05, 0) is 43.2 Å². The van der Waals surface area contributed by atoms with Crippen molar-refractivity contribution >= 4 is 44.8 Å². The summed E-state index contributed by atoms with van der Waals surface area (Å²) in [5, 5.41) is 5.71. The van der Waals surface area contributed by atoms with Crippen LogP contribution in [0.1, 0.15) is 19.8 Å². The molecule has 0 aliphatic carbocycles. The molecule has 1 aliphatic heterocycles. The molecular formula is C22H26ClN3O6S. The van der Waals surface area contributed by atoms with E-state index < -0.39 is 10.0 Å². The average molecular weight is 496 g/mol. The highest BCUT2D eigenvalue weighted by molar-refractivity contribution is 7.89. The van der Waals surface area contributed by atoms with Gasteiger partial charge >= 0.3 is 0 Å². The molecule has 0 bridgehead atoms. The third-order valence-corrected chi connectivity index (χ3v) is 7.57. The Kier molecular flexibility index (Phi) is 7.83. The van der Waals surface area contributed by atoms with E-state index in [9.17, 15) is 18.0 Å². The monoisotopic (exact) mass is 495 g/mol. The topological polar surface area (TPSA) is 114 Å². The molecule has 2 aromatic rings. The average Bonchev–Trinajstić information content (AvgIpc) is 2.80. The van der Waals surface area contributed by atoms with E-state index in [1.165, 1.54) is 37.6 Å². The van der Waals surface area contributed by atoms with E-state index in [1.54, 1.807) is 24.3 Å². The Labute approximate surface area is 198 Å². The summed E-state index contributed by atoms with van der Waals surface area (Å²) in [7, 11) is -0.818. The molecule has 33 heavy (non-hydrogen) atoms. The number of anilines is 2. The molecule has 2 N–H and O–H groups in total. The van der Waals surface area contributed by atoms with Gasteiger partial charge in [-0.25, -0.2) is 8.42 Å². The van der Waals surface area contributed by atoms with Crippen LogP contribution in [0.15, 0.2) is 41.3 Å². The highest BCUT2D eigenvalue weighted by Crippen LogP contribution is 2.32. The van der Waals surface area contributed by atoms with Crippen LogP contribution >= 0.6 is 11.6 Å². The van der Waals surface area contributed by atoms with Gasteiger partial charge in [0.15, 0.2) is 11.5 Å². The lowest BCUT2D eigenvalue weighted by atomic mass is 9.97. The van der Waals surface area contributed by atoms with Gasteiger partial charge in [-0.15, -0.1) is 0 Å². The van der Waals surface area contributed by atoms with Gasteiger partial charge in [0.1, 0.15) is 0 Å². The quantitative estimate of drug-likeness (QED) is 0.608. The Bertz CT molecular complexity index is 1150. The number of methoxy groups -OCH3 is 2. The number of carbonyl (C=O) groups is 2. The molecule has 0 atom stereocenters. The van der Waals surface area contributed by atoms with Crippen molar-refractivity contribution in [1.82, 2.24) is 4.31 Å². The van der Waals surface area contributed by atoms with E-state index in [4.69, 9.17) is 21.1 Å². The summed E-state index contributed by atoms with van der Waals surface area (Å²) in [6.07, 6.45) is 0.750. The van der Waals surface area contributed by atoms with Crippen LogP contribution in [0.3, 0.4) is 0 Å². The Morgan fingerprint density at radius 1 is 1.00 bits per heavy atom. The van der Waals surface area contributed by atoms with Gasteiger partial charge < -0.3 is 20.1 Å². The summed E-state index contributed by atoms with van der Waals surface area (Å²) in [5.41, 5.74) is 0.954. The molecule has 1 saturated heterocycles. The second kappa shape index (κ2) is 10.4. The van der Waals surface area contributed by atoms with E-state index in [0.29, 0.717) is 40.7 Å². The minimum Gasteiger partial charge on any atom is -0.493 e. The predicted octanol–water partition coefficient (Wildman–Crippen LogP) is 3.36. The maximum atomic E-state index is 13.1. The molecule has 1 aliphatic rings. The summed E-state index contributed by atoms with van der Waals surface area (Å²) in [6.45, 7) is 1.81. The van der Waals surface area contributed by atoms with Crippen molar-refractivity contribution < 1.29 is 27.5 Å². The molecule has 178 valence electrons. The molecule has 0 saturated carbocycles. The van der Waals surface area contributed by atoms with Crippen molar-refractivity contribution in [2.45, 2.75) is 24.7 Å². The Morgan fingerprint density at radius 2 is 1.67 bits per heavy atom. The Morgan fingerprint density at radius 3 is 2.24 bits per heavy atom. The van der Waals surface area contributed by atoms with E-state index in [-0.39, 0.29) is 35.7 Å². The van der Waals surface area contributed by atoms with Crippen LogP contribution in [0.5, 0.6) is 11.5 Å². The minimum absolute atomic E-state index is 0.106.